The molecule has 0 aliphatic heterocycles. The monoisotopic (exact) mass is 838 g/mol. The molecule has 1 aromatic heterocycles. The fourth-order valence-corrected chi connectivity index (χ4v) is 11.8. The number of fused-ring (bicyclic) bond motifs is 7. The predicted octanol–water partition coefficient (Wildman–Crippen LogP) is 17.6. The first kappa shape index (κ1) is 39.4. The zero-order valence-electron chi connectivity index (χ0n) is 37.8. The summed E-state index contributed by atoms with van der Waals surface area (Å²) in [5.41, 5.74) is 18.8. The van der Waals surface area contributed by atoms with E-state index in [1.54, 1.807) is 0 Å². The molecule has 0 spiro atoms. The minimum atomic E-state index is -0.149. The van der Waals surface area contributed by atoms with Crippen molar-refractivity contribution in [1.29, 1.82) is 0 Å². The molecule has 10 aromatic rings. The third-order valence-electron chi connectivity index (χ3n) is 15.3. The molecule has 2 aliphatic carbocycles. The second-order valence-corrected chi connectivity index (χ2v) is 19.5. The van der Waals surface area contributed by atoms with Crippen molar-refractivity contribution in [3.8, 4) is 39.1 Å². The molecular formula is C63H54N2. The van der Waals surface area contributed by atoms with Crippen molar-refractivity contribution in [1.82, 2.24) is 4.57 Å². The average molecular weight is 839 g/mol. The molecule has 2 aliphatic rings. The van der Waals surface area contributed by atoms with Crippen LogP contribution in [0.25, 0.3) is 71.6 Å². The van der Waals surface area contributed by atoms with E-state index >= 15 is 0 Å². The van der Waals surface area contributed by atoms with Crippen LogP contribution in [0.1, 0.15) is 69.6 Å². The van der Waals surface area contributed by atoms with Gasteiger partial charge in [0.15, 0.2) is 0 Å². The summed E-state index contributed by atoms with van der Waals surface area (Å²) in [6.07, 6.45) is 4.05. The Morgan fingerprint density at radius 3 is 1.83 bits per heavy atom. The van der Waals surface area contributed by atoms with Gasteiger partial charge in [-0.2, -0.15) is 0 Å². The molecule has 3 unspecified atom stereocenters. The maximum Gasteiger partial charge on any atom is 0.0561 e. The van der Waals surface area contributed by atoms with E-state index in [-0.39, 0.29) is 5.41 Å². The van der Waals surface area contributed by atoms with E-state index in [4.69, 9.17) is 0 Å². The molecule has 1 saturated carbocycles. The van der Waals surface area contributed by atoms with Gasteiger partial charge in [-0.25, -0.2) is 0 Å². The predicted molar refractivity (Wildman–Crippen MR) is 276 cm³/mol. The Hall–Kier alpha value is -7.16. The fourth-order valence-electron chi connectivity index (χ4n) is 11.8. The molecule has 0 N–H and O–H groups in total. The average Bonchev–Trinajstić information content (AvgIpc) is 4.01. The minimum absolute atomic E-state index is 0.149. The molecule has 1 fully saturated rings. The number of para-hydroxylation sites is 2. The van der Waals surface area contributed by atoms with Gasteiger partial charge in [-0.1, -0.05) is 180 Å². The molecule has 2 nitrogen and oxygen atoms in total. The van der Waals surface area contributed by atoms with Crippen molar-refractivity contribution in [2.45, 2.75) is 58.3 Å². The lowest BCUT2D eigenvalue weighted by atomic mass is 9.79. The standard InChI is InChI=1S/C63H54N2/c1-41-25-26-46(37-41)42(2)47-29-34-54-55-35-32-50(39-59(55)63(3,4)58(54)38-47)64(51-33-36-57-56-21-11-12-24-60(56)65(61(57)40-51)48-19-9-6-10-20-48)49-30-27-44(28-31-49)53-23-14-18-45-17-13-22-52(62(45)53)43-15-7-5-8-16-43/h5-24,27-36,38-42,46H,25-26,37H2,1-4H3. The summed E-state index contributed by atoms with van der Waals surface area (Å²) in [5.74, 6) is 2.17. The van der Waals surface area contributed by atoms with Gasteiger partial charge in [0.2, 0.25) is 0 Å². The van der Waals surface area contributed by atoms with Gasteiger partial charge in [-0.3, -0.25) is 0 Å². The van der Waals surface area contributed by atoms with Crippen LogP contribution in [-0.2, 0) is 5.41 Å². The van der Waals surface area contributed by atoms with Crippen molar-refractivity contribution in [3.05, 3.63) is 217 Å². The fraction of sp³-hybridized carbons (Fsp3) is 0.175. The largest absolute Gasteiger partial charge is 0.310 e. The van der Waals surface area contributed by atoms with Gasteiger partial charge in [0.1, 0.15) is 0 Å². The first-order valence-corrected chi connectivity index (χ1v) is 23.7. The minimum Gasteiger partial charge on any atom is -0.310 e. The Bertz CT molecular complexity index is 3410. The molecule has 0 saturated heterocycles. The van der Waals surface area contributed by atoms with Gasteiger partial charge in [0.05, 0.1) is 11.0 Å². The second-order valence-electron chi connectivity index (χ2n) is 19.5. The number of anilines is 3. The van der Waals surface area contributed by atoms with Gasteiger partial charge in [-0.05, 0) is 146 Å². The molecule has 316 valence electrons. The van der Waals surface area contributed by atoms with Crippen molar-refractivity contribution < 1.29 is 0 Å². The van der Waals surface area contributed by atoms with Gasteiger partial charge >= 0.3 is 0 Å². The lowest BCUT2D eigenvalue weighted by Gasteiger charge is -2.29. The van der Waals surface area contributed by atoms with Crippen molar-refractivity contribution in [2.75, 3.05) is 4.90 Å². The maximum atomic E-state index is 2.56. The van der Waals surface area contributed by atoms with E-state index in [9.17, 15) is 0 Å². The number of rotatable bonds is 8. The Morgan fingerprint density at radius 2 is 1.11 bits per heavy atom. The molecule has 0 bridgehead atoms. The molecule has 0 radical (unpaired) electrons. The van der Waals surface area contributed by atoms with E-state index in [0.29, 0.717) is 5.92 Å². The van der Waals surface area contributed by atoms with Crippen molar-refractivity contribution in [2.24, 2.45) is 11.8 Å². The van der Waals surface area contributed by atoms with Crippen LogP contribution in [0.2, 0.25) is 0 Å². The van der Waals surface area contributed by atoms with E-state index in [1.807, 2.05) is 0 Å². The molecule has 0 amide bonds. The van der Waals surface area contributed by atoms with Crippen LogP contribution >= 0.6 is 0 Å². The Kier molecular flexibility index (Phi) is 9.42. The SMILES string of the molecule is CC1CCC(C(C)c2ccc3c(c2)C(C)(C)c2cc(N(c4ccc(-c5cccc6cccc(-c7ccccc7)c56)cc4)c4ccc5c6ccccc6n(-c6ccccc6)c5c4)ccc2-3)C1. The van der Waals surface area contributed by atoms with Crippen LogP contribution in [0.5, 0.6) is 0 Å². The van der Waals surface area contributed by atoms with Crippen LogP contribution in [0.15, 0.2) is 200 Å². The zero-order valence-corrected chi connectivity index (χ0v) is 37.8. The highest BCUT2D eigenvalue weighted by atomic mass is 15.1. The van der Waals surface area contributed by atoms with Crippen LogP contribution in [0, 0.1) is 11.8 Å². The summed E-state index contributed by atoms with van der Waals surface area (Å²) < 4.78 is 2.42. The highest BCUT2D eigenvalue weighted by Crippen LogP contribution is 2.53. The smallest absolute Gasteiger partial charge is 0.0561 e. The molecule has 3 atom stereocenters. The van der Waals surface area contributed by atoms with Crippen molar-refractivity contribution >= 4 is 49.6 Å². The van der Waals surface area contributed by atoms with Crippen LogP contribution in [-0.4, -0.2) is 4.57 Å². The summed E-state index contributed by atoms with van der Waals surface area (Å²) in [6.45, 7) is 9.77. The zero-order chi connectivity index (χ0) is 43.8. The first-order chi connectivity index (χ1) is 31.8. The molecular weight excluding hydrogens is 785 g/mol. The quantitative estimate of drug-likeness (QED) is 0.148. The first-order valence-electron chi connectivity index (χ1n) is 23.7. The van der Waals surface area contributed by atoms with Gasteiger partial charge < -0.3 is 9.47 Å². The molecule has 9 aromatic carbocycles. The van der Waals surface area contributed by atoms with Gasteiger partial charge in [-0.15, -0.1) is 0 Å². The highest BCUT2D eigenvalue weighted by Gasteiger charge is 2.37. The summed E-state index contributed by atoms with van der Waals surface area (Å²) in [7, 11) is 0. The molecule has 12 rings (SSSR count). The third-order valence-corrected chi connectivity index (χ3v) is 15.3. The normalized spacial score (nSPS) is 16.8. The van der Waals surface area contributed by atoms with Crippen LogP contribution in [0.4, 0.5) is 17.1 Å². The summed E-state index contributed by atoms with van der Waals surface area (Å²) in [6, 6.07) is 74.7. The second kappa shape index (κ2) is 15.5. The Labute approximate surface area is 383 Å². The summed E-state index contributed by atoms with van der Waals surface area (Å²) in [5, 5.41) is 5.03. The lowest BCUT2D eigenvalue weighted by molar-refractivity contribution is 0.442. The van der Waals surface area contributed by atoms with Crippen LogP contribution in [0.3, 0.4) is 0 Å². The highest BCUT2D eigenvalue weighted by molar-refractivity contribution is 6.11. The topological polar surface area (TPSA) is 8.17 Å². The number of aromatic nitrogens is 1. The lowest BCUT2D eigenvalue weighted by Crippen LogP contribution is -2.17. The van der Waals surface area contributed by atoms with E-state index in [1.165, 1.54) is 102 Å². The van der Waals surface area contributed by atoms with Crippen LogP contribution < -0.4 is 4.90 Å². The van der Waals surface area contributed by atoms with Crippen molar-refractivity contribution in [3.63, 3.8) is 0 Å². The third kappa shape index (κ3) is 6.53. The van der Waals surface area contributed by atoms with E-state index in [2.05, 4.69) is 237 Å². The Balaban J connectivity index is 1.01. The molecule has 1 heterocycles. The molecule has 65 heavy (non-hydrogen) atoms. The maximum absolute atomic E-state index is 2.56. The number of hydrogen-bond donors (Lipinski definition) is 0. The molecule has 2 heteroatoms. The summed E-state index contributed by atoms with van der Waals surface area (Å²) >= 11 is 0. The summed E-state index contributed by atoms with van der Waals surface area (Å²) in [4.78, 5) is 2.48. The van der Waals surface area contributed by atoms with E-state index in [0.717, 1.165) is 34.6 Å². The van der Waals surface area contributed by atoms with E-state index < -0.39 is 0 Å². The number of hydrogen-bond acceptors (Lipinski definition) is 1. The van der Waals surface area contributed by atoms with Gasteiger partial charge in [0, 0.05) is 38.9 Å². The number of benzene rings is 9. The number of nitrogens with zero attached hydrogens (tertiary/aromatic N) is 2. The Morgan fingerprint density at radius 1 is 0.508 bits per heavy atom. The van der Waals surface area contributed by atoms with Gasteiger partial charge in [0.25, 0.3) is 0 Å².